The highest BCUT2D eigenvalue weighted by Crippen LogP contribution is 2.02. The lowest BCUT2D eigenvalue weighted by Gasteiger charge is -2.04. The number of hydrogen-bond acceptors (Lipinski definition) is 3. The van der Waals surface area contributed by atoms with Crippen molar-refractivity contribution < 1.29 is 0 Å². The van der Waals surface area contributed by atoms with Gasteiger partial charge in [-0.15, -0.1) is 5.10 Å². The standard InChI is InChI=1S/C12H24N4/c1-10(2)5-6-16-9-12(14-15-16)8-13-7-11(3)4/h9-11,13H,5-8H2,1-4H3. The number of nitrogens with zero attached hydrogens (tertiary/aromatic N) is 3. The topological polar surface area (TPSA) is 42.7 Å². The highest BCUT2D eigenvalue weighted by atomic mass is 15.4. The molecule has 0 spiro atoms. The van der Waals surface area contributed by atoms with E-state index in [1.807, 2.05) is 10.9 Å². The Morgan fingerprint density at radius 3 is 2.62 bits per heavy atom. The number of nitrogens with one attached hydrogen (secondary N) is 1. The fourth-order valence-electron chi connectivity index (χ4n) is 1.41. The number of aryl methyl sites for hydroxylation is 1. The molecule has 4 nitrogen and oxygen atoms in total. The molecule has 16 heavy (non-hydrogen) atoms. The summed E-state index contributed by atoms with van der Waals surface area (Å²) in [5.74, 6) is 1.39. The van der Waals surface area contributed by atoms with Crippen molar-refractivity contribution in [2.45, 2.75) is 47.2 Å². The minimum absolute atomic E-state index is 0.677. The molecule has 0 unspecified atom stereocenters. The van der Waals surface area contributed by atoms with E-state index in [1.54, 1.807) is 0 Å². The summed E-state index contributed by atoms with van der Waals surface area (Å²) in [5.41, 5.74) is 1.03. The Balaban J connectivity index is 2.28. The lowest BCUT2D eigenvalue weighted by molar-refractivity contribution is 0.478. The van der Waals surface area contributed by atoms with Crippen molar-refractivity contribution in [3.8, 4) is 0 Å². The summed E-state index contributed by atoms with van der Waals surface area (Å²) in [6.45, 7) is 11.7. The molecule has 1 rings (SSSR count). The van der Waals surface area contributed by atoms with Gasteiger partial charge < -0.3 is 5.32 Å². The third-order valence-electron chi connectivity index (χ3n) is 2.38. The maximum atomic E-state index is 4.14. The van der Waals surface area contributed by atoms with Crippen LogP contribution in [0.1, 0.15) is 39.8 Å². The van der Waals surface area contributed by atoms with E-state index in [2.05, 4.69) is 43.3 Å². The minimum Gasteiger partial charge on any atom is -0.311 e. The highest BCUT2D eigenvalue weighted by Gasteiger charge is 2.02. The van der Waals surface area contributed by atoms with Crippen LogP contribution < -0.4 is 5.32 Å². The van der Waals surface area contributed by atoms with E-state index in [4.69, 9.17) is 0 Å². The van der Waals surface area contributed by atoms with Crippen LogP contribution in [-0.4, -0.2) is 21.5 Å². The zero-order valence-electron chi connectivity index (χ0n) is 10.9. The smallest absolute Gasteiger partial charge is 0.0964 e. The van der Waals surface area contributed by atoms with Crippen molar-refractivity contribution in [3.63, 3.8) is 0 Å². The van der Waals surface area contributed by atoms with Crippen LogP contribution >= 0.6 is 0 Å². The van der Waals surface area contributed by atoms with E-state index >= 15 is 0 Å². The molecule has 1 heterocycles. The number of hydrogen-bond donors (Lipinski definition) is 1. The molecule has 0 saturated carbocycles. The normalized spacial score (nSPS) is 11.6. The molecule has 92 valence electrons. The Morgan fingerprint density at radius 2 is 2.00 bits per heavy atom. The lowest BCUT2D eigenvalue weighted by atomic mass is 10.1. The van der Waals surface area contributed by atoms with Gasteiger partial charge in [-0.1, -0.05) is 32.9 Å². The average Bonchev–Trinajstić information content (AvgIpc) is 2.62. The second kappa shape index (κ2) is 6.63. The average molecular weight is 224 g/mol. The molecule has 1 aromatic heterocycles. The van der Waals surface area contributed by atoms with Gasteiger partial charge in [-0.25, -0.2) is 0 Å². The third kappa shape index (κ3) is 5.26. The molecule has 0 aliphatic carbocycles. The van der Waals surface area contributed by atoms with Gasteiger partial charge in [0.25, 0.3) is 0 Å². The lowest BCUT2D eigenvalue weighted by Crippen LogP contribution is -2.19. The molecule has 0 bridgehead atoms. The van der Waals surface area contributed by atoms with Crippen LogP contribution in [0.25, 0.3) is 0 Å². The molecular weight excluding hydrogens is 200 g/mol. The Bertz CT molecular complexity index is 291. The monoisotopic (exact) mass is 224 g/mol. The summed E-state index contributed by atoms with van der Waals surface area (Å²) in [7, 11) is 0. The van der Waals surface area contributed by atoms with Gasteiger partial charge >= 0.3 is 0 Å². The van der Waals surface area contributed by atoms with Gasteiger partial charge in [0.05, 0.1) is 5.69 Å². The van der Waals surface area contributed by atoms with E-state index in [0.717, 1.165) is 31.7 Å². The van der Waals surface area contributed by atoms with Crippen molar-refractivity contribution in [3.05, 3.63) is 11.9 Å². The molecule has 0 radical (unpaired) electrons. The summed E-state index contributed by atoms with van der Waals surface area (Å²) in [6, 6.07) is 0. The predicted molar refractivity (Wildman–Crippen MR) is 66.0 cm³/mol. The van der Waals surface area contributed by atoms with E-state index < -0.39 is 0 Å². The first kappa shape index (κ1) is 13.2. The first-order chi connectivity index (χ1) is 7.58. The second-order valence-corrected chi connectivity index (χ2v) is 5.18. The molecule has 0 aliphatic rings. The van der Waals surface area contributed by atoms with Crippen molar-refractivity contribution >= 4 is 0 Å². The zero-order valence-corrected chi connectivity index (χ0v) is 10.9. The SMILES string of the molecule is CC(C)CCn1cc(CNCC(C)C)nn1. The molecule has 0 aliphatic heterocycles. The summed E-state index contributed by atoms with van der Waals surface area (Å²) >= 11 is 0. The molecule has 0 amide bonds. The summed E-state index contributed by atoms with van der Waals surface area (Å²) in [5, 5.41) is 11.6. The zero-order chi connectivity index (χ0) is 12.0. The van der Waals surface area contributed by atoms with Gasteiger partial charge in [-0.3, -0.25) is 4.68 Å². The van der Waals surface area contributed by atoms with Crippen molar-refractivity contribution in [1.82, 2.24) is 20.3 Å². The van der Waals surface area contributed by atoms with Crippen molar-refractivity contribution in [1.29, 1.82) is 0 Å². The molecule has 4 heteroatoms. The second-order valence-electron chi connectivity index (χ2n) is 5.18. The Hall–Kier alpha value is -0.900. The van der Waals surface area contributed by atoms with Gasteiger partial charge in [0.2, 0.25) is 0 Å². The molecule has 0 saturated heterocycles. The molecule has 0 fully saturated rings. The fraction of sp³-hybridized carbons (Fsp3) is 0.833. The summed E-state index contributed by atoms with van der Waals surface area (Å²) in [4.78, 5) is 0. The van der Waals surface area contributed by atoms with Crippen LogP contribution in [-0.2, 0) is 13.1 Å². The molecular formula is C12H24N4. The van der Waals surface area contributed by atoms with Crippen LogP contribution in [0, 0.1) is 11.8 Å². The largest absolute Gasteiger partial charge is 0.311 e. The van der Waals surface area contributed by atoms with Gasteiger partial charge in [-0.2, -0.15) is 0 Å². The quantitative estimate of drug-likeness (QED) is 0.771. The van der Waals surface area contributed by atoms with Gasteiger partial charge in [0.15, 0.2) is 0 Å². The fourth-order valence-corrected chi connectivity index (χ4v) is 1.41. The van der Waals surface area contributed by atoms with Crippen LogP contribution in [0.4, 0.5) is 0 Å². The summed E-state index contributed by atoms with van der Waals surface area (Å²) in [6.07, 6.45) is 3.19. The first-order valence-electron chi connectivity index (χ1n) is 6.17. The maximum absolute atomic E-state index is 4.14. The highest BCUT2D eigenvalue weighted by molar-refractivity contribution is 4.91. The molecule has 0 aromatic carbocycles. The van der Waals surface area contributed by atoms with Crippen molar-refractivity contribution in [2.75, 3.05) is 6.54 Å². The maximum Gasteiger partial charge on any atom is 0.0964 e. The van der Waals surface area contributed by atoms with E-state index in [9.17, 15) is 0 Å². The minimum atomic E-state index is 0.677. The third-order valence-corrected chi connectivity index (χ3v) is 2.38. The summed E-state index contributed by atoms with van der Waals surface area (Å²) < 4.78 is 1.94. The number of rotatable bonds is 7. The first-order valence-corrected chi connectivity index (χ1v) is 6.17. The number of aromatic nitrogens is 3. The van der Waals surface area contributed by atoms with Crippen LogP contribution in [0.2, 0.25) is 0 Å². The van der Waals surface area contributed by atoms with E-state index in [-0.39, 0.29) is 0 Å². The van der Waals surface area contributed by atoms with E-state index in [1.165, 1.54) is 0 Å². The van der Waals surface area contributed by atoms with Gasteiger partial charge in [0.1, 0.15) is 0 Å². The van der Waals surface area contributed by atoms with E-state index in [0.29, 0.717) is 11.8 Å². The Morgan fingerprint density at radius 1 is 1.25 bits per heavy atom. The van der Waals surface area contributed by atoms with Gasteiger partial charge in [-0.05, 0) is 24.8 Å². The Labute approximate surface area is 98.4 Å². The predicted octanol–water partition coefficient (Wildman–Crippen LogP) is 2.07. The molecule has 1 N–H and O–H groups in total. The van der Waals surface area contributed by atoms with Crippen molar-refractivity contribution in [2.24, 2.45) is 11.8 Å². The Kier molecular flexibility index (Phi) is 5.46. The molecule has 0 atom stereocenters. The van der Waals surface area contributed by atoms with Crippen LogP contribution in [0.15, 0.2) is 6.20 Å². The van der Waals surface area contributed by atoms with Crippen LogP contribution in [0.3, 0.4) is 0 Å². The van der Waals surface area contributed by atoms with Gasteiger partial charge in [0, 0.05) is 19.3 Å². The molecule has 1 aromatic rings. The van der Waals surface area contributed by atoms with Crippen LogP contribution in [0.5, 0.6) is 0 Å².